The van der Waals surface area contributed by atoms with Gasteiger partial charge in [0.1, 0.15) is 6.04 Å². The van der Waals surface area contributed by atoms with E-state index >= 15 is 0 Å². The Bertz CT molecular complexity index is 1270. The van der Waals surface area contributed by atoms with E-state index in [2.05, 4.69) is 40.1 Å². The Morgan fingerprint density at radius 2 is 1.88 bits per heavy atom. The van der Waals surface area contributed by atoms with Crippen molar-refractivity contribution >= 4 is 45.2 Å². The summed E-state index contributed by atoms with van der Waals surface area (Å²) in [5.41, 5.74) is 3.20. The van der Waals surface area contributed by atoms with Gasteiger partial charge in [0, 0.05) is 27.7 Å². The van der Waals surface area contributed by atoms with Crippen molar-refractivity contribution in [3.63, 3.8) is 0 Å². The van der Waals surface area contributed by atoms with Crippen molar-refractivity contribution in [2.75, 3.05) is 11.1 Å². The Hall–Kier alpha value is -2.71. The van der Waals surface area contributed by atoms with Crippen LogP contribution < -0.4 is 5.32 Å². The molecule has 0 bridgehead atoms. The number of aromatic nitrogens is 3. The molecule has 6 nitrogen and oxygen atoms in total. The summed E-state index contributed by atoms with van der Waals surface area (Å²) in [6.07, 6.45) is 1.26. The maximum Gasteiger partial charge on any atom is 0.227 e. The fourth-order valence-corrected chi connectivity index (χ4v) is 5.43. The lowest BCUT2D eigenvalue weighted by Gasteiger charge is -2.38. The van der Waals surface area contributed by atoms with Crippen LogP contribution in [0.2, 0.25) is 0 Å². The predicted molar refractivity (Wildman–Crippen MR) is 132 cm³/mol. The van der Waals surface area contributed by atoms with Gasteiger partial charge in [-0.3, -0.25) is 9.59 Å². The van der Waals surface area contributed by atoms with Crippen LogP contribution in [0.3, 0.4) is 0 Å². The molecule has 1 unspecified atom stereocenters. The van der Waals surface area contributed by atoms with Crippen LogP contribution >= 0.6 is 27.7 Å². The molecule has 8 heteroatoms. The van der Waals surface area contributed by atoms with Crippen LogP contribution in [0.25, 0.3) is 0 Å². The van der Waals surface area contributed by atoms with Crippen LogP contribution in [0.1, 0.15) is 48.7 Å². The number of carbonyl (C=O) groups excluding carboxylic acids is 2. The number of hydrogen-bond donors (Lipinski definition) is 1. The number of thioether (sulfide) groups is 1. The summed E-state index contributed by atoms with van der Waals surface area (Å²) in [7, 11) is 0. The molecule has 1 aliphatic carbocycles. The third-order valence-electron chi connectivity index (χ3n) is 5.93. The number of Topliss-reactive ketones (excluding diaryl/α,β-unsaturated/α-hetero) is 2. The lowest BCUT2D eigenvalue weighted by Crippen LogP contribution is -2.36. The van der Waals surface area contributed by atoms with E-state index in [9.17, 15) is 9.59 Å². The highest BCUT2D eigenvalue weighted by Crippen LogP contribution is 2.45. The van der Waals surface area contributed by atoms with Gasteiger partial charge < -0.3 is 5.32 Å². The average Bonchev–Trinajstić information content (AvgIpc) is 3.19. The fraction of sp³-hybridized carbons (Fsp3) is 0.280. The van der Waals surface area contributed by atoms with Crippen LogP contribution in [-0.2, 0) is 4.79 Å². The molecule has 2 aromatic carbocycles. The summed E-state index contributed by atoms with van der Waals surface area (Å²) in [5.74, 6) is 1.01. The first-order valence-corrected chi connectivity index (χ1v) is 12.5. The molecule has 0 amide bonds. The van der Waals surface area contributed by atoms with Gasteiger partial charge in [-0.1, -0.05) is 84.0 Å². The van der Waals surface area contributed by atoms with E-state index in [1.54, 1.807) is 4.68 Å². The molecule has 1 aliphatic heterocycles. The second-order valence-corrected chi connectivity index (χ2v) is 11.0. The second kappa shape index (κ2) is 8.57. The summed E-state index contributed by atoms with van der Waals surface area (Å²) in [6.45, 7) is 4.22. The zero-order chi connectivity index (χ0) is 23.2. The largest absolute Gasteiger partial charge is 0.328 e. The Morgan fingerprint density at radius 1 is 1.15 bits per heavy atom. The average molecular weight is 523 g/mol. The minimum atomic E-state index is -0.348. The van der Waals surface area contributed by atoms with Crippen molar-refractivity contribution in [2.45, 2.75) is 37.9 Å². The molecule has 0 radical (unpaired) electrons. The number of fused-ring (bicyclic) bond motifs is 1. The number of allylic oxidation sites excluding steroid dienone is 2. The second-order valence-electron chi connectivity index (χ2n) is 9.15. The Morgan fingerprint density at radius 3 is 2.61 bits per heavy atom. The van der Waals surface area contributed by atoms with Gasteiger partial charge in [-0.15, -0.1) is 5.10 Å². The Kier molecular flexibility index (Phi) is 5.74. The van der Waals surface area contributed by atoms with Crippen LogP contribution in [0.5, 0.6) is 0 Å². The quantitative estimate of drug-likeness (QED) is 0.343. The number of nitrogens with zero attached hydrogens (tertiary/aromatic N) is 3. The predicted octanol–water partition coefficient (Wildman–Crippen LogP) is 5.67. The molecule has 0 saturated heterocycles. The molecule has 33 heavy (non-hydrogen) atoms. The molecule has 0 fully saturated rings. The van der Waals surface area contributed by atoms with Crippen molar-refractivity contribution in [2.24, 2.45) is 5.41 Å². The first kappa shape index (κ1) is 22.1. The van der Waals surface area contributed by atoms with Crippen molar-refractivity contribution in [3.05, 3.63) is 81.5 Å². The zero-order valence-electron chi connectivity index (χ0n) is 18.3. The number of benzene rings is 2. The highest BCUT2D eigenvalue weighted by molar-refractivity contribution is 9.10. The number of rotatable bonds is 5. The van der Waals surface area contributed by atoms with E-state index in [1.807, 2.05) is 54.6 Å². The van der Waals surface area contributed by atoms with Gasteiger partial charge in [0.2, 0.25) is 11.1 Å². The molecular weight excluding hydrogens is 500 g/mol. The van der Waals surface area contributed by atoms with Crippen LogP contribution in [0.4, 0.5) is 5.95 Å². The van der Waals surface area contributed by atoms with Gasteiger partial charge in [-0.2, -0.15) is 4.98 Å². The number of anilines is 1. The summed E-state index contributed by atoms with van der Waals surface area (Å²) < 4.78 is 2.76. The standard InChI is InChI=1S/C25H23BrN4O2S/c1-25(2)12-18-21(19(31)13-25)22(16-8-10-17(26)11-9-16)30-23(27-18)28-24(29-30)33-14-20(32)15-6-4-3-5-7-15/h3-11,22H,12-14H2,1-2H3,(H,27,28,29). The van der Waals surface area contributed by atoms with E-state index in [1.165, 1.54) is 11.8 Å². The summed E-state index contributed by atoms with van der Waals surface area (Å²) in [6, 6.07) is 16.8. The minimum Gasteiger partial charge on any atom is -0.328 e. The summed E-state index contributed by atoms with van der Waals surface area (Å²) in [5, 5.41) is 8.60. The number of hydrogen-bond acceptors (Lipinski definition) is 6. The third-order valence-corrected chi connectivity index (χ3v) is 7.29. The van der Waals surface area contributed by atoms with Crippen molar-refractivity contribution in [1.82, 2.24) is 14.8 Å². The molecular formula is C25H23BrN4O2S. The molecule has 2 heterocycles. The molecule has 0 spiro atoms. The molecule has 1 atom stereocenters. The molecule has 5 rings (SSSR count). The fourth-order valence-electron chi connectivity index (χ4n) is 4.44. The van der Waals surface area contributed by atoms with Crippen molar-refractivity contribution in [1.29, 1.82) is 0 Å². The van der Waals surface area contributed by atoms with Gasteiger partial charge in [-0.05, 0) is 29.5 Å². The van der Waals surface area contributed by atoms with E-state index in [-0.39, 0.29) is 28.8 Å². The SMILES string of the molecule is CC1(C)CC(=O)C2=C(C1)Nc1nc(SCC(=O)c3ccccc3)nn1C2c1ccc(Br)cc1. The lowest BCUT2D eigenvalue weighted by atomic mass is 9.73. The smallest absolute Gasteiger partial charge is 0.227 e. The highest BCUT2D eigenvalue weighted by Gasteiger charge is 2.41. The highest BCUT2D eigenvalue weighted by atomic mass is 79.9. The normalized spacial score (nSPS) is 19.0. The molecule has 168 valence electrons. The summed E-state index contributed by atoms with van der Waals surface area (Å²) >= 11 is 4.80. The molecule has 1 N–H and O–H groups in total. The number of ketones is 2. The van der Waals surface area contributed by atoms with Crippen molar-refractivity contribution in [3.8, 4) is 0 Å². The summed E-state index contributed by atoms with van der Waals surface area (Å²) in [4.78, 5) is 30.5. The number of carbonyl (C=O) groups is 2. The zero-order valence-corrected chi connectivity index (χ0v) is 20.7. The van der Waals surface area contributed by atoms with Gasteiger partial charge in [-0.25, -0.2) is 4.68 Å². The third kappa shape index (κ3) is 4.42. The molecule has 2 aliphatic rings. The maximum absolute atomic E-state index is 13.3. The Balaban J connectivity index is 1.49. The molecule has 3 aromatic rings. The minimum absolute atomic E-state index is 0.0279. The van der Waals surface area contributed by atoms with Gasteiger partial charge in [0.25, 0.3) is 0 Å². The maximum atomic E-state index is 13.3. The van der Waals surface area contributed by atoms with E-state index in [0.29, 0.717) is 23.1 Å². The van der Waals surface area contributed by atoms with E-state index < -0.39 is 0 Å². The monoisotopic (exact) mass is 522 g/mol. The van der Waals surface area contributed by atoms with Crippen LogP contribution in [0.15, 0.2) is 75.5 Å². The topological polar surface area (TPSA) is 76.9 Å². The van der Waals surface area contributed by atoms with Crippen molar-refractivity contribution < 1.29 is 9.59 Å². The first-order chi connectivity index (χ1) is 15.8. The lowest BCUT2D eigenvalue weighted by molar-refractivity contribution is -0.118. The Labute approximate surface area is 205 Å². The van der Waals surface area contributed by atoms with E-state index in [0.717, 1.165) is 27.7 Å². The van der Waals surface area contributed by atoms with Gasteiger partial charge in [0.15, 0.2) is 11.6 Å². The van der Waals surface area contributed by atoms with Gasteiger partial charge in [0.05, 0.1) is 5.75 Å². The first-order valence-electron chi connectivity index (χ1n) is 10.8. The molecule has 1 aromatic heterocycles. The number of nitrogens with one attached hydrogen (secondary N) is 1. The van der Waals surface area contributed by atoms with Crippen LogP contribution in [0, 0.1) is 5.41 Å². The van der Waals surface area contributed by atoms with Crippen LogP contribution in [-0.4, -0.2) is 32.1 Å². The van der Waals surface area contributed by atoms with E-state index in [4.69, 9.17) is 5.10 Å². The van der Waals surface area contributed by atoms with Gasteiger partial charge >= 0.3 is 0 Å². The number of halogens is 1. The molecule has 0 saturated carbocycles.